The molecule has 0 N–H and O–H groups in total. The minimum absolute atomic E-state index is 0.0938. The van der Waals surface area contributed by atoms with Gasteiger partial charge in [0.05, 0.1) is 6.26 Å². The predicted molar refractivity (Wildman–Crippen MR) is 112 cm³/mol. The fourth-order valence-electron chi connectivity index (χ4n) is 4.07. The molecule has 2 fully saturated rings. The largest absolute Gasteiger partial charge is 0.353 e. The Balaban J connectivity index is 1.36. The van der Waals surface area contributed by atoms with Crippen molar-refractivity contribution in [3.63, 3.8) is 0 Å². The minimum atomic E-state index is -3.18. The number of piperazine rings is 1. The van der Waals surface area contributed by atoms with Crippen LogP contribution in [-0.4, -0.2) is 88.6 Å². The molecule has 0 atom stereocenters. The van der Waals surface area contributed by atoms with Crippen LogP contribution in [0.15, 0.2) is 24.8 Å². The Morgan fingerprint density at radius 3 is 2.30 bits per heavy atom. The zero-order valence-electron chi connectivity index (χ0n) is 17.3. The highest BCUT2D eigenvalue weighted by molar-refractivity contribution is 7.88. The van der Waals surface area contributed by atoms with E-state index >= 15 is 0 Å². The van der Waals surface area contributed by atoms with Crippen LogP contribution in [0.25, 0.3) is 5.82 Å². The van der Waals surface area contributed by atoms with Crippen molar-refractivity contribution in [3.8, 4) is 5.82 Å². The Hall–Kier alpha value is -2.53. The number of aryl methyl sites for hydroxylation is 1. The molecule has 30 heavy (non-hydrogen) atoms. The third-order valence-electron chi connectivity index (χ3n) is 5.77. The van der Waals surface area contributed by atoms with E-state index in [-0.39, 0.29) is 11.8 Å². The molecule has 1 amide bonds. The maximum absolute atomic E-state index is 12.9. The van der Waals surface area contributed by atoms with E-state index in [1.165, 1.54) is 10.6 Å². The van der Waals surface area contributed by atoms with Gasteiger partial charge in [-0.15, -0.1) is 0 Å². The molecule has 2 aromatic heterocycles. The Labute approximate surface area is 176 Å². The highest BCUT2D eigenvalue weighted by atomic mass is 32.2. The summed E-state index contributed by atoms with van der Waals surface area (Å²) in [6.07, 6.45) is 7.66. The average molecular weight is 434 g/mol. The van der Waals surface area contributed by atoms with Crippen molar-refractivity contribution in [2.45, 2.75) is 19.8 Å². The number of amides is 1. The van der Waals surface area contributed by atoms with E-state index in [2.05, 4.69) is 19.9 Å². The van der Waals surface area contributed by atoms with E-state index in [9.17, 15) is 13.2 Å². The summed E-state index contributed by atoms with van der Waals surface area (Å²) in [4.78, 5) is 30.1. The number of imidazole rings is 1. The first-order valence-corrected chi connectivity index (χ1v) is 12.0. The SMILES string of the molecule is Cc1nc(N2CCN(C(=O)C3CCN(S(C)(=O)=O)CC3)CC2)cc(-n2ccnc2)n1. The number of carbonyl (C=O) groups is 1. The zero-order chi connectivity index (χ0) is 21.3. The fourth-order valence-corrected chi connectivity index (χ4v) is 4.95. The van der Waals surface area contributed by atoms with Crippen LogP contribution in [0, 0.1) is 12.8 Å². The summed E-state index contributed by atoms with van der Waals surface area (Å²) >= 11 is 0. The van der Waals surface area contributed by atoms with Crippen LogP contribution in [0.2, 0.25) is 0 Å². The van der Waals surface area contributed by atoms with Crippen LogP contribution in [0.3, 0.4) is 0 Å². The Kier molecular flexibility index (Phi) is 5.74. The summed E-state index contributed by atoms with van der Waals surface area (Å²) in [6, 6.07) is 1.94. The zero-order valence-corrected chi connectivity index (χ0v) is 18.1. The number of nitrogens with zero attached hydrogens (tertiary/aromatic N) is 7. The molecule has 0 unspecified atom stereocenters. The lowest BCUT2D eigenvalue weighted by atomic mass is 9.96. The number of aromatic nitrogens is 4. The molecule has 10 nitrogen and oxygen atoms in total. The molecule has 4 heterocycles. The van der Waals surface area contributed by atoms with Gasteiger partial charge in [-0.2, -0.15) is 0 Å². The Morgan fingerprint density at radius 1 is 1.03 bits per heavy atom. The summed E-state index contributed by atoms with van der Waals surface area (Å²) in [5.74, 6) is 2.35. The van der Waals surface area contributed by atoms with E-state index in [0.29, 0.717) is 57.9 Å². The molecule has 162 valence electrons. The lowest BCUT2D eigenvalue weighted by Crippen LogP contribution is -2.52. The second-order valence-electron chi connectivity index (χ2n) is 7.85. The van der Waals surface area contributed by atoms with Crippen LogP contribution in [0.1, 0.15) is 18.7 Å². The molecule has 11 heteroatoms. The van der Waals surface area contributed by atoms with Crippen LogP contribution in [0.4, 0.5) is 5.82 Å². The normalized spacial score (nSPS) is 19.3. The van der Waals surface area contributed by atoms with E-state index in [1.54, 1.807) is 12.5 Å². The monoisotopic (exact) mass is 433 g/mol. The lowest BCUT2D eigenvalue weighted by Gasteiger charge is -2.38. The molecule has 2 aromatic rings. The first-order valence-electron chi connectivity index (χ1n) is 10.1. The number of rotatable bonds is 4. The average Bonchev–Trinajstić information content (AvgIpc) is 3.27. The molecule has 0 spiro atoms. The van der Waals surface area contributed by atoms with Crippen LogP contribution < -0.4 is 4.90 Å². The molecule has 0 aliphatic carbocycles. The smallest absolute Gasteiger partial charge is 0.225 e. The van der Waals surface area contributed by atoms with Gasteiger partial charge in [-0.3, -0.25) is 9.36 Å². The van der Waals surface area contributed by atoms with Gasteiger partial charge < -0.3 is 9.80 Å². The predicted octanol–water partition coefficient (Wildman–Crippen LogP) is 0.291. The topological polar surface area (TPSA) is 105 Å². The van der Waals surface area contributed by atoms with Gasteiger partial charge >= 0.3 is 0 Å². The van der Waals surface area contributed by atoms with Crippen molar-refractivity contribution in [2.75, 3.05) is 50.4 Å². The van der Waals surface area contributed by atoms with Crippen molar-refractivity contribution >= 4 is 21.7 Å². The number of hydrogen-bond acceptors (Lipinski definition) is 7. The Bertz CT molecular complexity index is 993. The molecule has 2 saturated heterocycles. The first kappa shape index (κ1) is 20.7. The van der Waals surface area contributed by atoms with Crippen molar-refractivity contribution in [1.82, 2.24) is 28.7 Å². The molecule has 2 aliphatic heterocycles. The van der Waals surface area contributed by atoms with Crippen LogP contribution >= 0.6 is 0 Å². The van der Waals surface area contributed by atoms with Crippen LogP contribution in [0.5, 0.6) is 0 Å². The Morgan fingerprint density at radius 2 is 1.70 bits per heavy atom. The molecule has 0 saturated carbocycles. The van der Waals surface area contributed by atoms with Gasteiger partial charge in [0, 0.05) is 63.6 Å². The van der Waals surface area contributed by atoms with E-state index in [1.807, 2.05) is 28.7 Å². The van der Waals surface area contributed by atoms with Gasteiger partial charge in [-0.25, -0.2) is 27.7 Å². The molecular weight excluding hydrogens is 406 g/mol. The number of sulfonamides is 1. The molecule has 0 aromatic carbocycles. The lowest BCUT2D eigenvalue weighted by molar-refractivity contribution is -0.137. The van der Waals surface area contributed by atoms with Crippen molar-refractivity contribution in [2.24, 2.45) is 5.92 Å². The van der Waals surface area contributed by atoms with Gasteiger partial charge in [0.2, 0.25) is 15.9 Å². The third-order valence-corrected chi connectivity index (χ3v) is 7.07. The van der Waals surface area contributed by atoms with Gasteiger partial charge in [0.15, 0.2) is 0 Å². The number of anilines is 1. The van der Waals surface area contributed by atoms with E-state index < -0.39 is 10.0 Å². The third kappa shape index (κ3) is 4.46. The maximum atomic E-state index is 12.9. The van der Waals surface area contributed by atoms with Crippen molar-refractivity contribution < 1.29 is 13.2 Å². The van der Waals surface area contributed by atoms with E-state index in [4.69, 9.17) is 0 Å². The number of carbonyl (C=O) groups excluding carboxylic acids is 1. The quantitative estimate of drug-likeness (QED) is 0.682. The number of hydrogen-bond donors (Lipinski definition) is 0. The molecular formula is C19H27N7O3S. The molecule has 4 rings (SSSR count). The highest BCUT2D eigenvalue weighted by Gasteiger charge is 2.32. The standard InChI is InChI=1S/C19H27N7O3S/c1-15-21-17(13-18(22-15)25-8-5-20-14-25)23-9-11-24(12-10-23)19(27)16-3-6-26(7-4-16)30(2,28)29/h5,8,13-14,16H,3-4,6-7,9-12H2,1-2H3. The summed E-state index contributed by atoms with van der Waals surface area (Å²) in [5.41, 5.74) is 0. The molecule has 2 aliphatic rings. The summed E-state index contributed by atoms with van der Waals surface area (Å²) in [5, 5.41) is 0. The van der Waals surface area contributed by atoms with Gasteiger partial charge in [0.25, 0.3) is 0 Å². The van der Waals surface area contributed by atoms with Gasteiger partial charge in [-0.05, 0) is 19.8 Å². The van der Waals surface area contributed by atoms with E-state index in [0.717, 1.165) is 11.6 Å². The van der Waals surface area contributed by atoms with Gasteiger partial charge in [-0.1, -0.05) is 0 Å². The molecule has 0 radical (unpaired) electrons. The second-order valence-corrected chi connectivity index (χ2v) is 9.83. The summed E-state index contributed by atoms with van der Waals surface area (Å²) in [6.45, 7) is 5.39. The molecule has 0 bridgehead atoms. The highest BCUT2D eigenvalue weighted by Crippen LogP contribution is 2.23. The van der Waals surface area contributed by atoms with Crippen molar-refractivity contribution in [1.29, 1.82) is 0 Å². The number of piperidine rings is 1. The second kappa shape index (κ2) is 8.31. The first-order chi connectivity index (χ1) is 14.3. The fraction of sp³-hybridized carbons (Fsp3) is 0.579. The minimum Gasteiger partial charge on any atom is -0.353 e. The van der Waals surface area contributed by atoms with Gasteiger partial charge in [0.1, 0.15) is 23.8 Å². The van der Waals surface area contributed by atoms with Crippen LogP contribution in [-0.2, 0) is 14.8 Å². The maximum Gasteiger partial charge on any atom is 0.225 e. The summed E-state index contributed by atoms with van der Waals surface area (Å²) < 4.78 is 26.6. The summed E-state index contributed by atoms with van der Waals surface area (Å²) in [7, 11) is -3.18. The van der Waals surface area contributed by atoms with Crippen molar-refractivity contribution in [3.05, 3.63) is 30.6 Å².